The Kier molecular flexibility index (Phi) is 4.88. The van der Waals surface area contributed by atoms with E-state index in [2.05, 4.69) is 10.6 Å². The van der Waals surface area contributed by atoms with E-state index in [1.54, 1.807) is 18.2 Å². The molecule has 0 fully saturated rings. The lowest BCUT2D eigenvalue weighted by atomic mass is 10.1. The van der Waals surface area contributed by atoms with E-state index in [4.69, 9.17) is 9.47 Å². The minimum atomic E-state index is -0.732. The van der Waals surface area contributed by atoms with Crippen LogP contribution in [-0.2, 0) is 16.0 Å². The van der Waals surface area contributed by atoms with E-state index in [0.717, 1.165) is 12.0 Å². The highest BCUT2D eigenvalue weighted by molar-refractivity contribution is 5.97. The molecule has 0 aliphatic carbocycles. The average Bonchev–Trinajstić information content (AvgIpc) is 2.61. The van der Waals surface area contributed by atoms with Gasteiger partial charge in [-0.3, -0.25) is 9.59 Å². The first kappa shape index (κ1) is 16.8. The summed E-state index contributed by atoms with van der Waals surface area (Å²) in [6.07, 6.45) is 0.0184. The molecule has 0 spiro atoms. The monoisotopic (exact) mass is 340 g/mol. The van der Waals surface area contributed by atoms with Crippen LogP contribution in [0.1, 0.15) is 19.4 Å². The molecule has 0 bridgehead atoms. The molecule has 6 nitrogen and oxygen atoms in total. The third kappa shape index (κ3) is 3.91. The zero-order valence-electron chi connectivity index (χ0n) is 14.2. The molecule has 3 rings (SSSR count). The van der Waals surface area contributed by atoms with Crippen molar-refractivity contribution in [2.45, 2.75) is 26.4 Å². The largest absolute Gasteiger partial charge is 0.485 e. The molecular weight excluding hydrogens is 320 g/mol. The second-order valence-corrected chi connectivity index (χ2v) is 5.76. The first-order valence-corrected chi connectivity index (χ1v) is 8.16. The molecule has 1 aliphatic heterocycles. The summed E-state index contributed by atoms with van der Waals surface area (Å²) in [6.45, 7) is 3.59. The van der Waals surface area contributed by atoms with Gasteiger partial charge in [-0.15, -0.1) is 0 Å². The maximum Gasteiger partial charge on any atom is 0.269 e. The Morgan fingerprint density at radius 3 is 2.60 bits per heavy atom. The summed E-state index contributed by atoms with van der Waals surface area (Å²) >= 11 is 0. The lowest BCUT2D eigenvalue weighted by Crippen LogP contribution is -2.40. The van der Waals surface area contributed by atoms with Crippen LogP contribution < -0.4 is 20.1 Å². The number of fused-ring (bicyclic) bond motifs is 1. The summed E-state index contributed by atoms with van der Waals surface area (Å²) in [5.74, 6) is 0.733. The van der Waals surface area contributed by atoms with Gasteiger partial charge in [-0.25, -0.2) is 0 Å². The molecule has 1 atom stereocenters. The molecule has 1 unspecified atom stereocenters. The van der Waals surface area contributed by atoms with Gasteiger partial charge in [0, 0.05) is 18.3 Å². The van der Waals surface area contributed by atoms with Crippen LogP contribution in [0.2, 0.25) is 0 Å². The zero-order chi connectivity index (χ0) is 17.8. The highest BCUT2D eigenvalue weighted by Crippen LogP contribution is 2.31. The van der Waals surface area contributed by atoms with E-state index < -0.39 is 6.10 Å². The Balaban J connectivity index is 1.75. The molecule has 130 valence electrons. The van der Waals surface area contributed by atoms with Crippen molar-refractivity contribution in [3.8, 4) is 11.5 Å². The van der Waals surface area contributed by atoms with Crippen molar-refractivity contribution in [3.05, 3.63) is 48.0 Å². The molecule has 0 saturated carbocycles. The van der Waals surface area contributed by atoms with Gasteiger partial charge < -0.3 is 20.1 Å². The Hall–Kier alpha value is -3.02. The number of carbonyl (C=O) groups excluding carboxylic acids is 2. The molecule has 0 radical (unpaired) electrons. The van der Waals surface area contributed by atoms with Crippen LogP contribution in [0, 0.1) is 0 Å². The van der Waals surface area contributed by atoms with Crippen molar-refractivity contribution in [1.82, 2.24) is 0 Å². The minimum Gasteiger partial charge on any atom is -0.485 e. The van der Waals surface area contributed by atoms with E-state index in [1.165, 1.54) is 6.92 Å². The Labute approximate surface area is 146 Å². The second-order valence-electron chi connectivity index (χ2n) is 5.76. The molecule has 1 aliphatic rings. The van der Waals surface area contributed by atoms with Gasteiger partial charge in [0.25, 0.3) is 5.91 Å². The lowest BCUT2D eigenvalue weighted by molar-refractivity contribution is -0.125. The fourth-order valence-corrected chi connectivity index (χ4v) is 2.64. The van der Waals surface area contributed by atoms with Crippen molar-refractivity contribution in [2.75, 3.05) is 17.2 Å². The second kappa shape index (κ2) is 7.25. The summed E-state index contributed by atoms with van der Waals surface area (Å²) in [5.41, 5.74) is 2.26. The van der Waals surface area contributed by atoms with Gasteiger partial charge in [0.1, 0.15) is 6.61 Å². The summed E-state index contributed by atoms with van der Waals surface area (Å²) in [7, 11) is 0. The number of para-hydroxylation sites is 2. The van der Waals surface area contributed by atoms with Gasteiger partial charge in [0.05, 0.1) is 0 Å². The number of anilines is 2. The fourth-order valence-electron chi connectivity index (χ4n) is 2.64. The molecule has 0 saturated heterocycles. The molecule has 6 heteroatoms. The Bertz CT molecular complexity index is 804. The lowest BCUT2D eigenvalue weighted by Gasteiger charge is -2.26. The minimum absolute atomic E-state index is 0.149. The van der Waals surface area contributed by atoms with Gasteiger partial charge in [-0.2, -0.15) is 0 Å². The van der Waals surface area contributed by atoms with Crippen molar-refractivity contribution in [3.63, 3.8) is 0 Å². The number of amides is 2. The summed E-state index contributed by atoms with van der Waals surface area (Å²) < 4.78 is 11.3. The van der Waals surface area contributed by atoms with Crippen molar-refractivity contribution < 1.29 is 19.1 Å². The molecular formula is C19H20N2O4. The molecule has 2 N–H and O–H groups in total. The third-order valence-corrected chi connectivity index (χ3v) is 3.87. The van der Waals surface area contributed by atoms with Crippen LogP contribution in [-0.4, -0.2) is 24.5 Å². The highest BCUT2D eigenvalue weighted by Gasteiger charge is 2.27. The quantitative estimate of drug-likeness (QED) is 0.897. The number of benzene rings is 2. The predicted molar refractivity (Wildman–Crippen MR) is 95.1 cm³/mol. The van der Waals surface area contributed by atoms with Gasteiger partial charge in [-0.1, -0.05) is 25.1 Å². The SMILES string of the molecule is CCc1ccc(NC(C)=O)cc1NC(=O)C1COc2ccccc2O1. The Morgan fingerprint density at radius 1 is 1.12 bits per heavy atom. The number of rotatable bonds is 4. The Morgan fingerprint density at radius 2 is 1.88 bits per heavy atom. The van der Waals surface area contributed by atoms with Crippen LogP contribution >= 0.6 is 0 Å². The first-order valence-electron chi connectivity index (χ1n) is 8.16. The normalized spacial score (nSPS) is 15.4. The zero-order valence-corrected chi connectivity index (χ0v) is 14.2. The van der Waals surface area contributed by atoms with Crippen LogP contribution in [0.25, 0.3) is 0 Å². The summed E-state index contributed by atoms with van der Waals surface area (Å²) in [6, 6.07) is 12.7. The van der Waals surface area contributed by atoms with E-state index in [0.29, 0.717) is 22.9 Å². The van der Waals surface area contributed by atoms with Crippen LogP contribution in [0.4, 0.5) is 11.4 Å². The molecule has 2 aromatic carbocycles. The van der Waals surface area contributed by atoms with E-state index in [1.807, 2.05) is 31.2 Å². The first-order chi connectivity index (χ1) is 12.1. The third-order valence-electron chi connectivity index (χ3n) is 3.87. The number of hydrogen-bond donors (Lipinski definition) is 2. The van der Waals surface area contributed by atoms with Crippen molar-refractivity contribution in [1.29, 1.82) is 0 Å². The van der Waals surface area contributed by atoms with Crippen LogP contribution in [0.3, 0.4) is 0 Å². The number of ether oxygens (including phenoxy) is 2. The maximum atomic E-state index is 12.6. The number of aryl methyl sites for hydroxylation is 1. The molecule has 1 heterocycles. The topological polar surface area (TPSA) is 76.7 Å². The smallest absolute Gasteiger partial charge is 0.269 e. The standard InChI is InChI=1S/C19H20N2O4/c1-3-13-8-9-14(20-12(2)22)10-15(13)21-19(23)18-11-24-16-6-4-5-7-17(16)25-18/h4-10,18H,3,11H2,1-2H3,(H,20,22)(H,21,23). The molecule has 2 aromatic rings. The van der Waals surface area contributed by atoms with Gasteiger partial charge >= 0.3 is 0 Å². The van der Waals surface area contributed by atoms with Gasteiger partial charge in [-0.05, 0) is 36.2 Å². The van der Waals surface area contributed by atoms with E-state index in [-0.39, 0.29) is 18.4 Å². The molecule has 0 aromatic heterocycles. The fraction of sp³-hybridized carbons (Fsp3) is 0.263. The highest BCUT2D eigenvalue weighted by atomic mass is 16.6. The summed E-state index contributed by atoms with van der Waals surface area (Å²) in [4.78, 5) is 23.8. The average molecular weight is 340 g/mol. The van der Waals surface area contributed by atoms with Crippen molar-refractivity contribution in [2.24, 2.45) is 0 Å². The number of carbonyl (C=O) groups is 2. The van der Waals surface area contributed by atoms with Crippen LogP contribution in [0.15, 0.2) is 42.5 Å². The summed E-state index contributed by atoms with van der Waals surface area (Å²) in [5, 5.41) is 5.60. The number of nitrogens with one attached hydrogen (secondary N) is 2. The van der Waals surface area contributed by atoms with E-state index in [9.17, 15) is 9.59 Å². The predicted octanol–water partition coefficient (Wildman–Crippen LogP) is 2.99. The van der Waals surface area contributed by atoms with E-state index >= 15 is 0 Å². The van der Waals surface area contributed by atoms with Crippen molar-refractivity contribution >= 4 is 23.2 Å². The van der Waals surface area contributed by atoms with Gasteiger partial charge in [0.15, 0.2) is 11.5 Å². The van der Waals surface area contributed by atoms with Crippen LogP contribution in [0.5, 0.6) is 11.5 Å². The maximum absolute atomic E-state index is 12.6. The molecule has 25 heavy (non-hydrogen) atoms. The molecule has 2 amide bonds. The number of hydrogen-bond acceptors (Lipinski definition) is 4. The van der Waals surface area contributed by atoms with Gasteiger partial charge in [0.2, 0.25) is 12.0 Å².